The van der Waals surface area contributed by atoms with Crippen molar-refractivity contribution in [2.75, 3.05) is 4.72 Å². The molecule has 1 aromatic heterocycles. The van der Waals surface area contributed by atoms with Crippen LogP contribution in [0.25, 0.3) is 11.0 Å². The first-order valence-corrected chi connectivity index (χ1v) is 8.19. The summed E-state index contributed by atoms with van der Waals surface area (Å²) >= 11 is 0.935. The Kier molecular flexibility index (Phi) is 3.34. The van der Waals surface area contributed by atoms with Crippen LogP contribution in [0.1, 0.15) is 5.56 Å². The minimum absolute atomic E-state index is 0.0250. The topological polar surface area (TPSA) is 72.0 Å². The molecule has 5 nitrogen and oxygen atoms in total. The van der Waals surface area contributed by atoms with Crippen molar-refractivity contribution in [1.82, 2.24) is 8.75 Å². The molecule has 0 bridgehead atoms. The Morgan fingerprint density at radius 3 is 2.67 bits per heavy atom. The summed E-state index contributed by atoms with van der Waals surface area (Å²) in [6.45, 7) is 1.66. The molecule has 108 valence electrons. The highest BCUT2D eigenvalue weighted by Gasteiger charge is 2.23. The number of benzene rings is 2. The number of halogens is 1. The summed E-state index contributed by atoms with van der Waals surface area (Å²) in [7, 11) is -3.95. The SMILES string of the molecule is Cc1ccc2nsnc2c1S(=O)(=O)Nc1ccccc1F. The van der Waals surface area contributed by atoms with Gasteiger partial charge in [-0.25, -0.2) is 12.8 Å². The van der Waals surface area contributed by atoms with E-state index in [1.54, 1.807) is 25.1 Å². The van der Waals surface area contributed by atoms with E-state index in [4.69, 9.17) is 0 Å². The van der Waals surface area contributed by atoms with Crippen LogP contribution in [0.15, 0.2) is 41.3 Å². The van der Waals surface area contributed by atoms with Gasteiger partial charge in [0.15, 0.2) is 0 Å². The largest absolute Gasteiger partial charge is 0.277 e. The number of rotatable bonds is 3. The van der Waals surface area contributed by atoms with E-state index in [9.17, 15) is 12.8 Å². The lowest BCUT2D eigenvalue weighted by atomic mass is 10.2. The molecule has 0 atom stereocenters. The minimum Gasteiger partial charge on any atom is -0.277 e. The zero-order valence-corrected chi connectivity index (χ0v) is 12.5. The molecular formula is C13H10FN3O2S2. The van der Waals surface area contributed by atoms with Crippen LogP contribution in [-0.4, -0.2) is 17.2 Å². The third-order valence-electron chi connectivity index (χ3n) is 2.97. The van der Waals surface area contributed by atoms with Crippen molar-refractivity contribution in [3.05, 3.63) is 47.8 Å². The fourth-order valence-corrected chi connectivity index (χ4v) is 4.06. The van der Waals surface area contributed by atoms with Gasteiger partial charge in [0.1, 0.15) is 21.7 Å². The molecule has 1 heterocycles. The Bertz CT molecular complexity index is 922. The molecule has 0 fully saturated rings. The van der Waals surface area contributed by atoms with Crippen molar-refractivity contribution in [2.24, 2.45) is 0 Å². The smallest absolute Gasteiger partial charge is 0.264 e. The van der Waals surface area contributed by atoms with E-state index in [0.717, 1.165) is 11.7 Å². The third-order valence-corrected chi connectivity index (χ3v) is 5.05. The standard InChI is InChI=1S/C13H10FN3O2S2/c1-8-6-7-11-12(16-20-15-11)13(8)21(18,19)17-10-5-3-2-4-9(10)14/h2-7,17H,1H3. The highest BCUT2D eigenvalue weighted by molar-refractivity contribution is 7.93. The Morgan fingerprint density at radius 2 is 1.90 bits per heavy atom. The number of hydrogen-bond donors (Lipinski definition) is 1. The predicted octanol–water partition coefficient (Wildman–Crippen LogP) is 2.94. The van der Waals surface area contributed by atoms with Crippen LogP contribution in [0.4, 0.5) is 10.1 Å². The lowest BCUT2D eigenvalue weighted by Gasteiger charge is -2.11. The molecule has 0 aliphatic heterocycles. The fraction of sp³-hybridized carbons (Fsp3) is 0.0769. The van der Waals surface area contributed by atoms with Crippen LogP contribution >= 0.6 is 11.7 Å². The van der Waals surface area contributed by atoms with Gasteiger partial charge in [-0.15, -0.1) is 0 Å². The Hall–Kier alpha value is -2.06. The van der Waals surface area contributed by atoms with Crippen molar-refractivity contribution in [1.29, 1.82) is 0 Å². The van der Waals surface area contributed by atoms with Crippen molar-refractivity contribution in [2.45, 2.75) is 11.8 Å². The first kappa shape index (κ1) is 13.9. The number of anilines is 1. The normalized spacial score (nSPS) is 11.7. The molecule has 2 aromatic carbocycles. The first-order chi connectivity index (χ1) is 9.99. The monoisotopic (exact) mass is 323 g/mol. The molecule has 3 aromatic rings. The zero-order chi connectivity index (χ0) is 15.0. The van der Waals surface area contributed by atoms with E-state index in [2.05, 4.69) is 13.5 Å². The first-order valence-electron chi connectivity index (χ1n) is 5.98. The van der Waals surface area contributed by atoms with Gasteiger partial charge >= 0.3 is 0 Å². The molecule has 0 amide bonds. The number of aryl methyl sites for hydroxylation is 1. The van der Waals surface area contributed by atoms with Crippen molar-refractivity contribution in [3.8, 4) is 0 Å². The zero-order valence-electron chi connectivity index (χ0n) is 10.9. The highest BCUT2D eigenvalue weighted by atomic mass is 32.2. The number of aromatic nitrogens is 2. The van der Waals surface area contributed by atoms with Gasteiger partial charge in [0, 0.05) is 0 Å². The van der Waals surface area contributed by atoms with Crippen LogP contribution in [0.3, 0.4) is 0 Å². The highest BCUT2D eigenvalue weighted by Crippen LogP contribution is 2.27. The van der Waals surface area contributed by atoms with Gasteiger partial charge in [0.2, 0.25) is 0 Å². The van der Waals surface area contributed by atoms with Crippen molar-refractivity contribution in [3.63, 3.8) is 0 Å². The van der Waals surface area contributed by atoms with E-state index in [1.807, 2.05) is 0 Å². The summed E-state index contributed by atoms with van der Waals surface area (Å²) in [6, 6.07) is 8.95. The molecule has 3 rings (SSSR count). The average Bonchev–Trinajstić information content (AvgIpc) is 2.88. The van der Waals surface area contributed by atoms with E-state index in [1.165, 1.54) is 18.2 Å². The quantitative estimate of drug-likeness (QED) is 0.804. The minimum atomic E-state index is -3.95. The molecule has 0 radical (unpaired) electrons. The molecule has 0 unspecified atom stereocenters. The number of hydrogen-bond acceptors (Lipinski definition) is 5. The number of sulfonamides is 1. The number of para-hydroxylation sites is 1. The van der Waals surface area contributed by atoms with Crippen molar-refractivity contribution >= 4 is 38.5 Å². The van der Waals surface area contributed by atoms with Crippen molar-refractivity contribution < 1.29 is 12.8 Å². The second-order valence-corrected chi connectivity index (χ2v) is 6.58. The third kappa shape index (κ3) is 2.47. The van der Waals surface area contributed by atoms with Gasteiger partial charge < -0.3 is 0 Å². The van der Waals surface area contributed by atoms with E-state index in [-0.39, 0.29) is 10.6 Å². The second kappa shape index (κ2) is 5.05. The van der Waals surface area contributed by atoms with Crippen LogP contribution in [0.5, 0.6) is 0 Å². The van der Waals surface area contributed by atoms with Gasteiger partial charge in [-0.3, -0.25) is 4.72 Å². The predicted molar refractivity (Wildman–Crippen MR) is 79.4 cm³/mol. The van der Waals surface area contributed by atoms with E-state index in [0.29, 0.717) is 16.6 Å². The summed E-state index contributed by atoms with van der Waals surface area (Å²) in [5.41, 5.74) is 1.22. The fourth-order valence-electron chi connectivity index (χ4n) is 2.01. The van der Waals surface area contributed by atoms with E-state index < -0.39 is 15.8 Å². The number of fused-ring (bicyclic) bond motifs is 1. The van der Waals surface area contributed by atoms with Gasteiger partial charge in [-0.05, 0) is 30.7 Å². The molecule has 0 aliphatic rings. The lowest BCUT2D eigenvalue weighted by Crippen LogP contribution is -2.15. The van der Waals surface area contributed by atoms with Gasteiger partial charge in [-0.1, -0.05) is 18.2 Å². The Balaban J connectivity index is 2.15. The lowest BCUT2D eigenvalue weighted by molar-refractivity contribution is 0.598. The number of nitrogens with one attached hydrogen (secondary N) is 1. The van der Waals surface area contributed by atoms with Gasteiger partial charge in [0.05, 0.1) is 17.4 Å². The molecule has 0 aliphatic carbocycles. The maximum absolute atomic E-state index is 13.6. The molecule has 0 saturated heterocycles. The molecule has 0 saturated carbocycles. The van der Waals surface area contributed by atoms with Gasteiger partial charge in [-0.2, -0.15) is 8.75 Å². The summed E-state index contributed by atoms with van der Waals surface area (Å²) in [5.74, 6) is -0.637. The Labute approximate surface area is 124 Å². The van der Waals surface area contributed by atoms with Gasteiger partial charge in [0.25, 0.3) is 10.0 Å². The van der Waals surface area contributed by atoms with Crippen LogP contribution in [0, 0.1) is 12.7 Å². The maximum Gasteiger partial charge on any atom is 0.264 e. The molecular weight excluding hydrogens is 313 g/mol. The second-order valence-electron chi connectivity index (χ2n) is 4.43. The maximum atomic E-state index is 13.6. The van der Waals surface area contributed by atoms with Crippen LogP contribution in [-0.2, 0) is 10.0 Å². The molecule has 8 heteroatoms. The summed E-state index contributed by atoms with van der Waals surface area (Å²) in [6.07, 6.45) is 0. The summed E-state index contributed by atoms with van der Waals surface area (Å²) in [5, 5.41) is 0. The van der Waals surface area contributed by atoms with Crippen LogP contribution < -0.4 is 4.72 Å². The molecule has 21 heavy (non-hydrogen) atoms. The van der Waals surface area contributed by atoms with Crippen LogP contribution in [0.2, 0.25) is 0 Å². The summed E-state index contributed by atoms with van der Waals surface area (Å²) < 4.78 is 49.0. The summed E-state index contributed by atoms with van der Waals surface area (Å²) in [4.78, 5) is 0.0250. The molecule has 1 N–H and O–H groups in total. The van der Waals surface area contributed by atoms with E-state index >= 15 is 0 Å². The average molecular weight is 323 g/mol. The number of nitrogens with zero attached hydrogens (tertiary/aromatic N) is 2. The molecule has 0 spiro atoms. The Morgan fingerprint density at radius 1 is 1.14 bits per heavy atom.